The molecule has 6 nitrogen and oxygen atoms in total. The van der Waals surface area contributed by atoms with Gasteiger partial charge in [0.2, 0.25) is 5.91 Å². The van der Waals surface area contributed by atoms with Gasteiger partial charge in [-0.3, -0.25) is 9.59 Å². The largest absolute Gasteiger partial charge is 0.372 e. The minimum Gasteiger partial charge on any atom is -0.372 e. The summed E-state index contributed by atoms with van der Waals surface area (Å²) in [6, 6.07) is 19.4. The number of hydrogen-bond donors (Lipinski definition) is 1. The highest BCUT2D eigenvalue weighted by Crippen LogP contribution is 2.23. The third kappa shape index (κ3) is 5.40. The topological polar surface area (TPSA) is 67.2 Å². The highest BCUT2D eigenvalue weighted by atomic mass is 16.2. The van der Waals surface area contributed by atoms with Gasteiger partial charge in [-0.1, -0.05) is 42.0 Å². The van der Waals surface area contributed by atoms with Crippen LogP contribution in [0.1, 0.15) is 30.4 Å². The molecule has 1 aliphatic rings. The Kier molecular flexibility index (Phi) is 6.46. The Labute approximate surface area is 182 Å². The molecule has 160 valence electrons. The minimum absolute atomic E-state index is 0.107. The normalized spacial score (nSPS) is 13.8. The van der Waals surface area contributed by atoms with Crippen molar-refractivity contribution in [3.63, 3.8) is 0 Å². The summed E-state index contributed by atoms with van der Waals surface area (Å²) in [6.07, 6.45) is 3.78. The van der Waals surface area contributed by atoms with E-state index < -0.39 is 0 Å². The lowest BCUT2D eigenvalue weighted by Crippen LogP contribution is -2.33. The molecule has 0 bridgehead atoms. The van der Waals surface area contributed by atoms with Gasteiger partial charge in [0.1, 0.15) is 6.54 Å². The van der Waals surface area contributed by atoms with Gasteiger partial charge < -0.3 is 10.2 Å². The summed E-state index contributed by atoms with van der Waals surface area (Å²) >= 11 is 0. The zero-order valence-electron chi connectivity index (χ0n) is 17.9. The number of aromatic nitrogens is 2. The predicted molar refractivity (Wildman–Crippen MR) is 123 cm³/mol. The van der Waals surface area contributed by atoms with E-state index in [9.17, 15) is 9.59 Å². The maximum atomic E-state index is 12.4. The third-order valence-electron chi connectivity index (χ3n) is 5.65. The summed E-state index contributed by atoms with van der Waals surface area (Å²) in [5, 5.41) is 7.27. The Morgan fingerprint density at radius 3 is 2.35 bits per heavy atom. The molecule has 6 heteroatoms. The van der Waals surface area contributed by atoms with Crippen molar-refractivity contribution in [1.82, 2.24) is 15.1 Å². The fourth-order valence-electron chi connectivity index (χ4n) is 3.81. The highest BCUT2D eigenvalue weighted by Gasteiger charge is 2.12. The zero-order chi connectivity index (χ0) is 21.6. The summed E-state index contributed by atoms with van der Waals surface area (Å²) < 4.78 is 1.22. The van der Waals surface area contributed by atoms with Crippen LogP contribution >= 0.6 is 0 Å². The van der Waals surface area contributed by atoms with Gasteiger partial charge in [-0.15, -0.1) is 0 Å². The lowest BCUT2D eigenvalue weighted by molar-refractivity contribution is -0.122. The van der Waals surface area contributed by atoms with Crippen molar-refractivity contribution in [3.8, 4) is 11.3 Å². The van der Waals surface area contributed by atoms with E-state index in [0.717, 1.165) is 24.2 Å². The molecule has 1 saturated heterocycles. The first-order chi connectivity index (χ1) is 15.1. The molecule has 1 fully saturated rings. The number of piperidine rings is 1. The number of nitrogens with zero attached hydrogens (tertiary/aromatic N) is 3. The van der Waals surface area contributed by atoms with Gasteiger partial charge in [0, 0.05) is 37.0 Å². The van der Waals surface area contributed by atoms with Crippen LogP contribution in [0.15, 0.2) is 65.5 Å². The average Bonchev–Trinajstić information content (AvgIpc) is 2.81. The number of carbonyl (C=O) groups excluding carboxylic acids is 1. The van der Waals surface area contributed by atoms with Crippen LogP contribution in [0.5, 0.6) is 0 Å². The molecule has 1 aromatic heterocycles. The third-order valence-corrected chi connectivity index (χ3v) is 5.65. The summed E-state index contributed by atoms with van der Waals surface area (Å²) in [6.45, 7) is 4.53. The second-order valence-electron chi connectivity index (χ2n) is 8.07. The Bertz CT molecular complexity index is 1080. The Morgan fingerprint density at radius 1 is 0.935 bits per heavy atom. The van der Waals surface area contributed by atoms with E-state index in [1.165, 1.54) is 41.3 Å². The fraction of sp³-hybridized carbons (Fsp3) is 0.320. The molecule has 0 spiro atoms. The predicted octanol–water partition coefficient (Wildman–Crippen LogP) is 3.53. The average molecular weight is 417 g/mol. The molecule has 2 heterocycles. The molecular formula is C25H28N4O2. The lowest BCUT2D eigenvalue weighted by atomic mass is 10.1. The van der Waals surface area contributed by atoms with Crippen LogP contribution in [0.3, 0.4) is 0 Å². The van der Waals surface area contributed by atoms with Crippen molar-refractivity contribution in [2.24, 2.45) is 0 Å². The van der Waals surface area contributed by atoms with Crippen molar-refractivity contribution in [2.45, 2.75) is 39.3 Å². The second-order valence-corrected chi connectivity index (χ2v) is 8.07. The maximum Gasteiger partial charge on any atom is 0.267 e. The summed E-state index contributed by atoms with van der Waals surface area (Å²) in [4.78, 5) is 27.0. The van der Waals surface area contributed by atoms with Gasteiger partial charge in [0.25, 0.3) is 5.56 Å². The molecular weight excluding hydrogens is 388 g/mol. The fourth-order valence-corrected chi connectivity index (χ4v) is 3.81. The number of benzene rings is 2. The monoisotopic (exact) mass is 416 g/mol. The van der Waals surface area contributed by atoms with E-state index in [-0.39, 0.29) is 18.0 Å². The van der Waals surface area contributed by atoms with Crippen LogP contribution in [-0.4, -0.2) is 28.8 Å². The summed E-state index contributed by atoms with van der Waals surface area (Å²) in [7, 11) is 0. The number of rotatable bonds is 6. The van der Waals surface area contributed by atoms with E-state index in [0.29, 0.717) is 12.2 Å². The molecule has 0 saturated carbocycles. The molecule has 1 amide bonds. The molecule has 0 unspecified atom stereocenters. The van der Waals surface area contributed by atoms with Crippen LogP contribution in [-0.2, 0) is 17.9 Å². The lowest BCUT2D eigenvalue weighted by Gasteiger charge is -2.28. The number of nitrogens with one attached hydrogen (secondary N) is 1. The van der Waals surface area contributed by atoms with Crippen molar-refractivity contribution in [3.05, 3.63) is 82.1 Å². The van der Waals surface area contributed by atoms with Gasteiger partial charge in [0.05, 0.1) is 5.69 Å². The van der Waals surface area contributed by atoms with Crippen molar-refractivity contribution >= 4 is 11.6 Å². The first-order valence-electron chi connectivity index (χ1n) is 10.8. The smallest absolute Gasteiger partial charge is 0.267 e. The van der Waals surface area contributed by atoms with Crippen LogP contribution in [0, 0.1) is 6.92 Å². The minimum atomic E-state index is -0.292. The first kappa shape index (κ1) is 20.8. The molecule has 2 aromatic carbocycles. The van der Waals surface area contributed by atoms with Gasteiger partial charge in [-0.25, -0.2) is 4.68 Å². The van der Waals surface area contributed by atoms with E-state index in [2.05, 4.69) is 27.4 Å². The molecule has 0 radical (unpaired) electrons. The zero-order valence-corrected chi connectivity index (χ0v) is 17.9. The van der Waals surface area contributed by atoms with Gasteiger partial charge in [-0.05, 0) is 49.9 Å². The number of anilines is 1. The van der Waals surface area contributed by atoms with Crippen LogP contribution in [0.4, 0.5) is 5.69 Å². The van der Waals surface area contributed by atoms with Crippen LogP contribution in [0.2, 0.25) is 0 Å². The molecule has 3 aromatic rings. The van der Waals surface area contributed by atoms with Crippen LogP contribution in [0.25, 0.3) is 11.3 Å². The van der Waals surface area contributed by atoms with Gasteiger partial charge >= 0.3 is 0 Å². The van der Waals surface area contributed by atoms with Crippen LogP contribution < -0.4 is 15.8 Å². The standard InChI is InChI=1S/C25H28N4O2/c1-19-5-7-20(8-6-19)17-26-24(30)18-29-25(31)14-13-23(27-29)21-9-11-22(12-10-21)28-15-3-2-4-16-28/h5-14H,2-4,15-18H2,1H3,(H,26,30). The van der Waals surface area contributed by atoms with Crippen molar-refractivity contribution < 1.29 is 4.79 Å². The van der Waals surface area contributed by atoms with Gasteiger partial charge in [0.15, 0.2) is 0 Å². The molecule has 4 rings (SSSR count). The Morgan fingerprint density at radius 2 is 1.65 bits per heavy atom. The number of carbonyl (C=O) groups is 1. The first-order valence-corrected chi connectivity index (χ1v) is 10.8. The SMILES string of the molecule is Cc1ccc(CNC(=O)Cn2nc(-c3ccc(N4CCCCC4)cc3)ccc2=O)cc1. The molecule has 1 aliphatic heterocycles. The summed E-state index contributed by atoms with van der Waals surface area (Å²) in [5.41, 5.74) is 4.71. The van der Waals surface area contributed by atoms with E-state index >= 15 is 0 Å². The van der Waals surface area contributed by atoms with E-state index in [1.54, 1.807) is 6.07 Å². The van der Waals surface area contributed by atoms with E-state index in [1.807, 2.05) is 43.3 Å². The molecule has 1 N–H and O–H groups in total. The Balaban J connectivity index is 1.42. The van der Waals surface area contributed by atoms with E-state index in [4.69, 9.17) is 0 Å². The molecule has 31 heavy (non-hydrogen) atoms. The number of hydrogen-bond acceptors (Lipinski definition) is 4. The number of aryl methyl sites for hydroxylation is 1. The molecule has 0 aliphatic carbocycles. The van der Waals surface area contributed by atoms with Crippen molar-refractivity contribution in [2.75, 3.05) is 18.0 Å². The highest BCUT2D eigenvalue weighted by molar-refractivity contribution is 5.75. The summed E-state index contributed by atoms with van der Waals surface area (Å²) in [5.74, 6) is -0.243. The molecule has 0 atom stereocenters. The second kappa shape index (κ2) is 9.60. The quantitative estimate of drug-likeness (QED) is 0.668. The van der Waals surface area contributed by atoms with Crippen molar-refractivity contribution in [1.29, 1.82) is 0 Å². The number of amides is 1. The maximum absolute atomic E-state index is 12.4. The Hall–Kier alpha value is -3.41. The van der Waals surface area contributed by atoms with Gasteiger partial charge in [-0.2, -0.15) is 5.10 Å².